The predicted octanol–water partition coefficient (Wildman–Crippen LogP) is 4.54. The molecule has 2 heteroatoms. The number of nitrogens with zero attached hydrogens (tertiary/aromatic N) is 1. The Balaban J connectivity index is 2.36. The van der Waals surface area contributed by atoms with E-state index >= 15 is 0 Å². The summed E-state index contributed by atoms with van der Waals surface area (Å²) in [7, 11) is 0. The maximum atomic E-state index is 14.3. The monoisotopic (exact) mass is 243 g/mol. The fourth-order valence-corrected chi connectivity index (χ4v) is 1.97. The largest absolute Gasteiger partial charge is 0.256 e. The van der Waals surface area contributed by atoms with Gasteiger partial charge in [0.2, 0.25) is 0 Å². The first-order chi connectivity index (χ1) is 8.72. The maximum Gasteiger partial charge on any atom is 0.135 e. The van der Waals surface area contributed by atoms with Crippen molar-refractivity contribution in [3.05, 3.63) is 53.5 Å². The van der Waals surface area contributed by atoms with E-state index in [0.29, 0.717) is 11.3 Å². The molecule has 0 saturated heterocycles. The van der Waals surface area contributed by atoms with Crippen molar-refractivity contribution < 1.29 is 4.39 Å². The molecule has 0 spiro atoms. The van der Waals surface area contributed by atoms with Crippen LogP contribution in [0, 0.1) is 12.7 Å². The van der Waals surface area contributed by atoms with Gasteiger partial charge in [-0.05, 0) is 43.0 Å². The third-order valence-electron chi connectivity index (χ3n) is 3.07. The summed E-state index contributed by atoms with van der Waals surface area (Å²) >= 11 is 0. The van der Waals surface area contributed by atoms with E-state index in [9.17, 15) is 4.39 Å². The van der Waals surface area contributed by atoms with E-state index in [1.807, 2.05) is 31.2 Å². The van der Waals surface area contributed by atoms with Gasteiger partial charge in [-0.2, -0.15) is 0 Å². The first-order valence-corrected chi connectivity index (χ1v) is 6.42. The Morgan fingerprint density at radius 2 is 2.00 bits per heavy atom. The number of aryl methyl sites for hydroxylation is 2. The number of hydrogen-bond acceptors (Lipinski definition) is 1. The third kappa shape index (κ3) is 2.76. The summed E-state index contributed by atoms with van der Waals surface area (Å²) in [6.45, 7) is 4.09. The Bertz CT molecular complexity index is 517. The number of rotatable bonds is 4. The van der Waals surface area contributed by atoms with E-state index in [0.717, 1.165) is 30.4 Å². The predicted molar refractivity (Wildman–Crippen MR) is 73.0 cm³/mol. The molecule has 0 atom stereocenters. The van der Waals surface area contributed by atoms with Crippen LogP contribution in [0.2, 0.25) is 0 Å². The molecule has 1 aromatic heterocycles. The quantitative estimate of drug-likeness (QED) is 0.768. The van der Waals surface area contributed by atoms with Crippen LogP contribution in [0.5, 0.6) is 0 Å². The van der Waals surface area contributed by atoms with Crippen LogP contribution in [-0.2, 0) is 6.42 Å². The van der Waals surface area contributed by atoms with Gasteiger partial charge in [0, 0.05) is 11.8 Å². The molecule has 0 N–H and O–H groups in total. The van der Waals surface area contributed by atoms with Crippen LogP contribution in [-0.4, -0.2) is 4.98 Å². The van der Waals surface area contributed by atoms with Crippen molar-refractivity contribution in [2.75, 3.05) is 0 Å². The zero-order valence-electron chi connectivity index (χ0n) is 10.9. The molecule has 0 unspecified atom stereocenters. The van der Waals surface area contributed by atoms with Crippen LogP contribution in [0.15, 0.2) is 36.5 Å². The molecule has 0 aliphatic rings. The molecule has 0 aliphatic heterocycles. The number of aromatic nitrogens is 1. The number of pyridine rings is 1. The summed E-state index contributed by atoms with van der Waals surface area (Å²) in [6, 6.07) is 9.40. The Morgan fingerprint density at radius 1 is 1.17 bits per heavy atom. The molecule has 0 fully saturated rings. The minimum atomic E-state index is -0.123. The Hall–Kier alpha value is -1.70. The summed E-state index contributed by atoms with van der Waals surface area (Å²) in [5.41, 5.74) is 3.18. The number of benzene rings is 1. The number of hydrogen-bond donors (Lipinski definition) is 0. The van der Waals surface area contributed by atoms with Gasteiger partial charge in [0.1, 0.15) is 5.82 Å². The van der Waals surface area contributed by atoms with Gasteiger partial charge < -0.3 is 0 Å². The second kappa shape index (κ2) is 5.76. The highest BCUT2D eigenvalue weighted by Crippen LogP contribution is 2.24. The summed E-state index contributed by atoms with van der Waals surface area (Å²) in [5, 5.41) is 0. The molecule has 0 radical (unpaired) electrons. The van der Waals surface area contributed by atoms with Gasteiger partial charge >= 0.3 is 0 Å². The molecule has 2 aromatic rings. The van der Waals surface area contributed by atoms with Gasteiger partial charge in [-0.3, -0.25) is 4.98 Å². The van der Waals surface area contributed by atoms with Gasteiger partial charge in [-0.15, -0.1) is 0 Å². The van der Waals surface area contributed by atoms with Gasteiger partial charge in [0.25, 0.3) is 0 Å². The van der Waals surface area contributed by atoms with Crippen molar-refractivity contribution >= 4 is 0 Å². The molecule has 0 aliphatic carbocycles. The molecule has 0 bridgehead atoms. The molecule has 0 saturated carbocycles. The van der Waals surface area contributed by atoms with Crippen molar-refractivity contribution in [1.82, 2.24) is 4.98 Å². The van der Waals surface area contributed by atoms with Crippen molar-refractivity contribution in [2.24, 2.45) is 0 Å². The lowest BCUT2D eigenvalue weighted by Gasteiger charge is -2.07. The Kier molecular flexibility index (Phi) is 4.08. The van der Waals surface area contributed by atoms with Crippen molar-refractivity contribution in [1.29, 1.82) is 0 Å². The van der Waals surface area contributed by atoms with Crippen LogP contribution >= 0.6 is 0 Å². The normalized spacial score (nSPS) is 10.6. The van der Waals surface area contributed by atoms with Crippen LogP contribution in [0.3, 0.4) is 0 Å². The average Bonchev–Trinajstić information content (AvgIpc) is 2.39. The molecule has 0 amide bonds. The Morgan fingerprint density at radius 3 is 2.67 bits per heavy atom. The second-order valence-electron chi connectivity index (χ2n) is 4.60. The zero-order chi connectivity index (χ0) is 13.0. The van der Waals surface area contributed by atoms with E-state index in [2.05, 4.69) is 11.9 Å². The molecule has 2 rings (SSSR count). The van der Waals surface area contributed by atoms with Crippen molar-refractivity contribution in [3.8, 4) is 11.3 Å². The van der Waals surface area contributed by atoms with Crippen LogP contribution < -0.4 is 0 Å². The molecule has 1 aromatic carbocycles. The summed E-state index contributed by atoms with van der Waals surface area (Å²) in [5.74, 6) is -0.123. The fourth-order valence-electron chi connectivity index (χ4n) is 1.97. The van der Waals surface area contributed by atoms with Gasteiger partial charge in [-0.1, -0.05) is 31.5 Å². The van der Waals surface area contributed by atoms with Crippen LogP contribution in [0.1, 0.15) is 30.9 Å². The number of unbranched alkanes of at least 4 members (excludes halogenated alkanes) is 1. The van der Waals surface area contributed by atoms with E-state index in [1.54, 1.807) is 12.3 Å². The van der Waals surface area contributed by atoms with E-state index in [1.165, 1.54) is 0 Å². The molecular formula is C16H18FN. The van der Waals surface area contributed by atoms with Crippen LogP contribution in [0.25, 0.3) is 11.3 Å². The topological polar surface area (TPSA) is 12.9 Å². The highest BCUT2D eigenvalue weighted by molar-refractivity contribution is 5.61. The lowest BCUT2D eigenvalue weighted by atomic mass is 10.0. The summed E-state index contributed by atoms with van der Waals surface area (Å²) in [6.07, 6.45) is 4.66. The lowest BCUT2D eigenvalue weighted by Crippen LogP contribution is -1.95. The SMILES string of the molecule is CCCCc1cccc(-c2ccc(C)cn2)c1F. The maximum absolute atomic E-state index is 14.3. The van der Waals surface area contributed by atoms with Crippen molar-refractivity contribution in [3.63, 3.8) is 0 Å². The van der Waals surface area contributed by atoms with Crippen molar-refractivity contribution in [2.45, 2.75) is 33.1 Å². The zero-order valence-corrected chi connectivity index (χ0v) is 10.9. The first kappa shape index (κ1) is 12.7. The first-order valence-electron chi connectivity index (χ1n) is 6.42. The smallest absolute Gasteiger partial charge is 0.135 e. The minimum Gasteiger partial charge on any atom is -0.256 e. The minimum absolute atomic E-state index is 0.123. The molecule has 18 heavy (non-hydrogen) atoms. The summed E-state index contributed by atoms with van der Waals surface area (Å²) < 4.78 is 14.3. The average molecular weight is 243 g/mol. The van der Waals surface area contributed by atoms with Crippen LogP contribution in [0.4, 0.5) is 4.39 Å². The molecule has 1 nitrogen and oxygen atoms in total. The fraction of sp³-hybridized carbons (Fsp3) is 0.312. The standard InChI is InChI=1S/C16H18FN/c1-3-4-6-13-7-5-8-14(16(13)17)15-10-9-12(2)11-18-15/h5,7-11H,3-4,6H2,1-2H3. The highest BCUT2D eigenvalue weighted by atomic mass is 19.1. The molecular weight excluding hydrogens is 225 g/mol. The highest BCUT2D eigenvalue weighted by Gasteiger charge is 2.10. The second-order valence-corrected chi connectivity index (χ2v) is 4.60. The summed E-state index contributed by atoms with van der Waals surface area (Å²) in [4.78, 5) is 4.29. The van der Waals surface area contributed by atoms with E-state index in [-0.39, 0.29) is 5.82 Å². The van der Waals surface area contributed by atoms with E-state index in [4.69, 9.17) is 0 Å². The molecule has 1 heterocycles. The number of halogens is 1. The van der Waals surface area contributed by atoms with Gasteiger partial charge in [0.05, 0.1) is 5.69 Å². The molecule has 94 valence electrons. The lowest BCUT2D eigenvalue weighted by molar-refractivity contribution is 0.606. The third-order valence-corrected chi connectivity index (χ3v) is 3.07. The van der Waals surface area contributed by atoms with E-state index < -0.39 is 0 Å². The van der Waals surface area contributed by atoms with Gasteiger partial charge in [-0.25, -0.2) is 4.39 Å². The van der Waals surface area contributed by atoms with Gasteiger partial charge in [0.15, 0.2) is 0 Å². The Labute approximate surface area is 108 Å².